The summed E-state index contributed by atoms with van der Waals surface area (Å²) in [7, 11) is 0. The van der Waals surface area contributed by atoms with E-state index in [1.165, 1.54) is 55.6 Å². The number of carboxylic acid groups (broad SMARTS) is 1. The van der Waals surface area contributed by atoms with Crippen molar-refractivity contribution in [2.75, 3.05) is 39.4 Å². The van der Waals surface area contributed by atoms with Gasteiger partial charge >= 0.3 is 5.97 Å². The lowest BCUT2D eigenvalue weighted by molar-refractivity contribution is -0.143. The molecule has 0 spiro atoms. The summed E-state index contributed by atoms with van der Waals surface area (Å²) in [5, 5.41) is 67.3. The number of imidazole rings is 2. The second-order valence-corrected chi connectivity index (χ2v) is 33.8. The van der Waals surface area contributed by atoms with E-state index in [-0.39, 0.29) is 88.6 Å². The van der Waals surface area contributed by atoms with Crippen LogP contribution in [0, 0.1) is 35.5 Å². The molecule has 45 nitrogen and oxygen atoms in total. The third-order valence-electron chi connectivity index (χ3n) is 21.5. The number of nitrogens with zero attached hydrogens (tertiary/aromatic N) is 4. The Morgan fingerprint density at radius 2 is 0.817 bits per heavy atom. The highest BCUT2D eigenvalue weighted by Crippen LogP contribution is 2.25. The number of aromatic nitrogens is 4. The molecule has 18 amide bonds. The van der Waals surface area contributed by atoms with Crippen molar-refractivity contribution in [2.45, 2.75) is 284 Å². The van der Waals surface area contributed by atoms with E-state index in [0.717, 1.165) is 0 Å². The number of carboxylic acids is 1. The number of aliphatic hydroxyl groups is 2. The topological polar surface area (TPSA) is 681 Å². The van der Waals surface area contributed by atoms with Crippen molar-refractivity contribution < 1.29 is 106 Å². The quantitative estimate of drug-likeness (QED) is 0.0293. The molecule has 24 N–H and O–H groups in total. The van der Waals surface area contributed by atoms with Gasteiger partial charge in [-0.05, 0) is 108 Å². The molecule has 4 heterocycles. The van der Waals surface area contributed by atoms with Crippen LogP contribution in [0.4, 0.5) is 0 Å². The lowest BCUT2D eigenvalue weighted by atomic mass is 9.97. The van der Waals surface area contributed by atoms with Crippen LogP contribution < -0.4 is 91.2 Å². The Hall–Kier alpha value is -11.8. The van der Waals surface area contributed by atoms with Gasteiger partial charge in [0.05, 0.1) is 39.0 Å². The summed E-state index contributed by atoms with van der Waals surface area (Å²) in [4.78, 5) is 276. The SMILES string of the molecule is CC[C@H](C)[C@H](NC(=O)[C@H](CO)NC(=O)[C@@H]1CCCN1C(=O)[C@H](CC(C)C)NC(=O)[C@H](C)NC(=O)[C@H](C)NC(=O)[C@H](Cc1cnc[nH]1)NC(=O)[C@H](Cc1cnc[nH]1)NC(=O)[C@H](C)NC(=O)[C@@H](NC(=O)[C@@H]1CCCN1C(=O)[C@H](CC(C)C)NC(=O)[C@H](CCC(N)=O)NC(=O)[C@H](CC(C)C)NC(=O)[C@@H](N)CO)[C@@H](C)CC)C(=O)NCC(=O)NCC(=O)N[C@H](C(=O)O)C(C)C. The third-order valence-corrected chi connectivity index (χ3v) is 21.5. The van der Waals surface area contributed by atoms with Crippen molar-refractivity contribution >= 4 is 112 Å². The van der Waals surface area contributed by atoms with E-state index < -0.39 is 253 Å². The first-order valence-corrected chi connectivity index (χ1v) is 42.8. The fourth-order valence-corrected chi connectivity index (χ4v) is 13.9. The average Bonchev–Trinajstić information content (AvgIpc) is 1.64. The number of amides is 18. The summed E-state index contributed by atoms with van der Waals surface area (Å²) in [6.45, 7) is 21.7. The van der Waals surface area contributed by atoms with Crippen LogP contribution >= 0.6 is 0 Å². The van der Waals surface area contributed by atoms with Crippen LogP contribution in [-0.4, -0.2) is 293 Å². The zero-order valence-corrected chi connectivity index (χ0v) is 74.5. The number of nitrogens with two attached hydrogens (primary N) is 2. The Balaban J connectivity index is 1.44. The fraction of sp³-hybridized carbons (Fsp3) is 0.691. The molecule has 0 bridgehead atoms. The maximum Gasteiger partial charge on any atom is 0.326 e. The van der Waals surface area contributed by atoms with E-state index in [1.807, 2.05) is 0 Å². The van der Waals surface area contributed by atoms with E-state index >= 15 is 0 Å². The first-order valence-electron chi connectivity index (χ1n) is 42.8. The molecule has 0 aliphatic carbocycles. The van der Waals surface area contributed by atoms with Gasteiger partial charge in [-0.1, -0.05) is 95.9 Å². The van der Waals surface area contributed by atoms with Crippen LogP contribution in [-0.2, 0) is 104 Å². The minimum Gasteiger partial charge on any atom is -0.480 e. The normalized spacial score (nSPS) is 17.6. The highest BCUT2D eigenvalue weighted by Gasteiger charge is 2.44. The Morgan fingerprint density at radius 1 is 0.429 bits per heavy atom. The molecule has 2 saturated heterocycles. The zero-order valence-electron chi connectivity index (χ0n) is 74.5. The number of H-pyrrole nitrogens is 2. The van der Waals surface area contributed by atoms with Crippen molar-refractivity contribution in [1.82, 2.24) is 109 Å². The van der Waals surface area contributed by atoms with Crippen LogP contribution in [0.5, 0.6) is 0 Å². The molecule has 0 radical (unpaired) electrons. The van der Waals surface area contributed by atoms with E-state index in [9.17, 15) is 106 Å². The van der Waals surface area contributed by atoms with Gasteiger partial charge in [-0.15, -0.1) is 0 Å². The zero-order chi connectivity index (χ0) is 94.7. The maximum absolute atomic E-state index is 14.7. The summed E-state index contributed by atoms with van der Waals surface area (Å²) in [6, 6.07) is -21.8. The van der Waals surface area contributed by atoms with E-state index in [0.29, 0.717) is 37.1 Å². The first-order chi connectivity index (χ1) is 59.2. The molecular weight excluding hydrogens is 1650 g/mol. The van der Waals surface area contributed by atoms with E-state index in [4.69, 9.17) is 11.5 Å². The number of likely N-dealkylation sites (tertiary alicyclic amines) is 2. The fourth-order valence-electron chi connectivity index (χ4n) is 13.9. The summed E-state index contributed by atoms with van der Waals surface area (Å²) < 4.78 is 0. The first kappa shape index (κ1) is 107. The molecule has 2 aliphatic heterocycles. The Labute approximate surface area is 732 Å². The van der Waals surface area contributed by atoms with Crippen LogP contribution in [0.15, 0.2) is 25.0 Å². The average molecular weight is 1780 g/mol. The molecule has 2 aliphatic rings. The highest BCUT2D eigenvalue weighted by atomic mass is 16.4. The number of carbonyl (C=O) groups excluding carboxylic acids is 18. The molecule has 45 heteroatoms. The van der Waals surface area contributed by atoms with Crippen molar-refractivity contribution in [2.24, 2.45) is 47.0 Å². The molecule has 2 aromatic rings. The number of hydrogen-bond acceptors (Lipinski definition) is 24. The Bertz CT molecular complexity index is 4050. The van der Waals surface area contributed by atoms with Gasteiger partial charge in [0.1, 0.15) is 96.7 Å². The van der Waals surface area contributed by atoms with Crippen LogP contribution in [0.1, 0.15) is 186 Å². The predicted molar refractivity (Wildman–Crippen MR) is 453 cm³/mol. The summed E-state index contributed by atoms with van der Waals surface area (Å²) in [6.07, 6.45) is 5.84. The van der Waals surface area contributed by atoms with Crippen molar-refractivity contribution in [3.8, 4) is 0 Å². The van der Waals surface area contributed by atoms with Gasteiger partial charge in [0, 0.05) is 56.1 Å². The molecule has 2 fully saturated rings. The molecule has 0 saturated carbocycles. The monoisotopic (exact) mass is 1780 g/mol. The van der Waals surface area contributed by atoms with Gasteiger partial charge in [0.2, 0.25) is 106 Å². The molecule has 704 valence electrons. The number of carbonyl (C=O) groups is 19. The molecule has 2 aromatic heterocycles. The number of hydrogen-bond donors (Lipinski definition) is 22. The maximum atomic E-state index is 14.7. The Kier molecular flexibility index (Phi) is 44.2. The molecule has 126 heavy (non-hydrogen) atoms. The number of aromatic amines is 2. The molecule has 18 atom stereocenters. The van der Waals surface area contributed by atoms with Crippen molar-refractivity contribution in [1.29, 1.82) is 0 Å². The number of nitrogens with one attached hydrogen (secondary N) is 17. The Morgan fingerprint density at radius 3 is 1.26 bits per heavy atom. The van der Waals surface area contributed by atoms with Crippen LogP contribution in [0.3, 0.4) is 0 Å². The van der Waals surface area contributed by atoms with Gasteiger partial charge in [0.15, 0.2) is 0 Å². The predicted octanol–water partition coefficient (Wildman–Crippen LogP) is -5.96. The van der Waals surface area contributed by atoms with E-state index in [2.05, 4.69) is 99.7 Å². The molecular formula is C81H133N23O22. The lowest BCUT2D eigenvalue weighted by Gasteiger charge is -2.32. The minimum atomic E-state index is -1.66. The van der Waals surface area contributed by atoms with Crippen molar-refractivity contribution in [3.05, 3.63) is 36.4 Å². The second-order valence-electron chi connectivity index (χ2n) is 33.8. The number of rotatable bonds is 53. The van der Waals surface area contributed by atoms with Gasteiger partial charge in [-0.25, -0.2) is 14.8 Å². The molecule has 4 rings (SSSR count). The number of aliphatic hydroxyl groups excluding tert-OH is 2. The number of aliphatic carboxylic acids is 1. The second kappa shape index (κ2) is 52.2. The summed E-state index contributed by atoms with van der Waals surface area (Å²) >= 11 is 0. The smallest absolute Gasteiger partial charge is 0.326 e. The van der Waals surface area contributed by atoms with Gasteiger partial charge in [0.25, 0.3) is 0 Å². The lowest BCUT2D eigenvalue weighted by Crippen LogP contribution is -2.61. The van der Waals surface area contributed by atoms with Gasteiger partial charge in [-0.2, -0.15) is 0 Å². The van der Waals surface area contributed by atoms with Gasteiger partial charge in [-0.3, -0.25) is 86.3 Å². The van der Waals surface area contributed by atoms with E-state index in [1.54, 1.807) is 83.1 Å². The summed E-state index contributed by atoms with van der Waals surface area (Å²) in [5.74, 6) is -18.6. The van der Waals surface area contributed by atoms with Crippen LogP contribution in [0.25, 0.3) is 0 Å². The molecule has 0 unspecified atom stereocenters. The van der Waals surface area contributed by atoms with Crippen molar-refractivity contribution in [3.63, 3.8) is 0 Å². The standard InChI is InChI=1S/C81H133N23O22/c1-16-43(11)64(77(121)87-33-61(108)86-34-62(109)100-63(42(9)10)81(125)126)101-74(118)57(36-106)99-75(119)58-20-18-24-103(58)79(123)55(27-40(5)6)97-68(112)46(14)90-66(110)45(13)91-71(115)53(29-48-31-84-37-88-48)96-73(117)54(30-49-32-85-38-89-49)94-67(111)47(15)92-78(122)65(44(12)17-2)102-76(120)59-21-19-25-104(59)80(124)56(28-41(7)8)98-70(114)51(22-23-60(83)107)93-72(116)52(26-39(3)4)95-69(113)50(82)35-105/h31-32,37-47,50-59,63-65,105-106H,16-30,33-36,82H2,1-15H3,(H2,83,107)(H,84,88)(H,85,89)(H,86,108)(H,87,121)(H,90,110)(H,91,115)(H,92,122)(H,93,116)(H,94,111)(H,95,113)(H,96,117)(H,97,112)(H,98,114)(H,99,119)(H,100,109)(H,101,118)(H,102,120)(H,125,126)/t43-,44-,45-,46-,47-,50-,51-,52-,53-,54-,55-,56-,57-,58-,59-,63-,64-,65-/m0/s1. The molecule has 0 aromatic carbocycles. The van der Waals surface area contributed by atoms with Gasteiger partial charge < -0.3 is 126 Å². The third kappa shape index (κ3) is 34.3. The number of primary amides is 1. The van der Waals surface area contributed by atoms with Crippen LogP contribution in [0.2, 0.25) is 0 Å². The minimum absolute atomic E-state index is 0.0299. The highest BCUT2D eigenvalue weighted by molar-refractivity contribution is 6.01. The largest absolute Gasteiger partial charge is 0.480 e. The summed E-state index contributed by atoms with van der Waals surface area (Å²) in [5.41, 5.74) is 11.8.